The molecule has 0 unspecified atom stereocenters. The Bertz CT molecular complexity index is 627. The predicted octanol–water partition coefficient (Wildman–Crippen LogP) is 3.31. The van der Waals surface area contributed by atoms with Crippen LogP contribution in [0, 0.1) is 11.5 Å². The van der Waals surface area contributed by atoms with Crippen molar-refractivity contribution in [1.29, 1.82) is 5.26 Å². The maximum Gasteiger partial charge on any atom is 0.191 e. The van der Waals surface area contributed by atoms with Crippen LogP contribution in [-0.2, 0) is 0 Å². The maximum absolute atomic E-state index is 8.86. The summed E-state index contributed by atoms with van der Waals surface area (Å²) in [5, 5.41) is 10.6. The van der Waals surface area contributed by atoms with Crippen LogP contribution in [0.4, 0.5) is 0 Å². The van der Waals surface area contributed by atoms with Gasteiger partial charge in [0.25, 0.3) is 0 Å². The molecule has 0 amide bonds. The summed E-state index contributed by atoms with van der Waals surface area (Å²) in [5.74, 6) is 1.45. The molecule has 0 atom stereocenters. The van der Waals surface area contributed by atoms with Crippen LogP contribution in [0.1, 0.15) is 0 Å². The number of hydrogen-bond acceptors (Lipinski definition) is 5. The summed E-state index contributed by atoms with van der Waals surface area (Å²) < 4.78 is 1.59. The van der Waals surface area contributed by atoms with E-state index in [2.05, 4.69) is 18.3 Å². The lowest BCUT2D eigenvalue weighted by molar-refractivity contribution is -0.0426. The van der Waals surface area contributed by atoms with Gasteiger partial charge in [-0.05, 0) is 23.6 Å². The molecule has 1 saturated heterocycles. The molecule has 2 aromatic rings. The monoisotopic (exact) mass is 283 g/mol. The highest BCUT2D eigenvalue weighted by Crippen LogP contribution is 2.31. The van der Waals surface area contributed by atoms with Crippen molar-refractivity contribution < 1.29 is 4.84 Å². The molecule has 0 N–H and O–H groups in total. The zero-order valence-corrected chi connectivity index (χ0v) is 11.6. The standard InChI is InChI=1S/C15H13N3OS/c16-10-18-11-17(12-20-18)19-15-9-5-4-8-14(15)13-6-2-1-3-7-13/h1-9H,11-12H2. The Morgan fingerprint density at radius 1 is 1.05 bits per heavy atom. The van der Waals surface area contributed by atoms with Gasteiger partial charge in [-0.15, -0.1) is 5.06 Å². The molecule has 0 radical (unpaired) electrons. The first-order chi connectivity index (χ1) is 9.86. The van der Waals surface area contributed by atoms with Crippen LogP contribution in [0.3, 0.4) is 0 Å². The largest absolute Gasteiger partial charge is 0.403 e. The third-order valence-corrected chi connectivity index (χ3v) is 3.87. The lowest BCUT2D eigenvalue weighted by Crippen LogP contribution is -2.26. The van der Waals surface area contributed by atoms with E-state index in [-0.39, 0.29) is 0 Å². The molecule has 1 heterocycles. The normalized spacial score (nSPS) is 15.1. The van der Waals surface area contributed by atoms with E-state index in [1.807, 2.05) is 42.5 Å². The van der Waals surface area contributed by atoms with Crippen LogP contribution in [0.2, 0.25) is 0 Å². The number of hydrogen-bond donors (Lipinski definition) is 0. The molecule has 0 spiro atoms. The molecule has 0 saturated carbocycles. The Morgan fingerprint density at radius 3 is 2.55 bits per heavy atom. The molecule has 0 bridgehead atoms. The van der Waals surface area contributed by atoms with Gasteiger partial charge in [-0.2, -0.15) is 5.26 Å². The van der Waals surface area contributed by atoms with E-state index in [1.165, 1.54) is 11.9 Å². The molecule has 4 nitrogen and oxygen atoms in total. The van der Waals surface area contributed by atoms with Gasteiger partial charge in [0, 0.05) is 5.56 Å². The number of hydroxylamine groups is 2. The molecule has 0 aliphatic carbocycles. The minimum Gasteiger partial charge on any atom is -0.403 e. The van der Waals surface area contributed by atoms with E-state index < -0.39 is 0 Å². The molecule has 5 heteroatoms. The van der Waals surface area contributed by atoms with E-state index in [9.17, 15) is 0 Å². The van der Waals surface area contributed by atoms with Gasteiger partial charge in [-0.25, -0.2) is 4.31 Å². The fourth-order valence-corrected chi connectivity index (χ4v) is 2.69. The SMILES string of the molecule is N#CN1CN(Oc2ccccc2-c2ccccc2)CS1. The highest BCUT2D eigenvalue weighted by molar-refractivity contribution is 7.97. The summed E-state index contributed by atoms with van der Waals surface area (Å²) in [6.07, 6.45) is 2.10. The number of nitriles is 1. The molecular weight excluding hydrogens is 270 g/mol. The summed E-state index contributed by atoms with van der Waals surface area (Å²) in [6, 6.07) is 18.1. The van der Waals surface area contributed by atoms with Crippen LogP contribution in [0.15, 0.2) is 54.6 Å². The quantitative estimate of drug-likeness (QED) is 0.638. The third-order valence-electron chi connectivity index (χ3n) is 2.95. The van der Waals surface area contributed by atoms with Crippen molar-refractivity contribution in [3.63, 3.8) is 0 Å². The molecule has 0 aromatic heterocycles. The minimum atomic E-state index is 0.476. The fourth-order valence-electron chi connectivity index (χ4n) is 2.02. The van der Waals surface area contributed by atoms with Gasteiger partial charge < -0.3 is 4.84 Å². The van der Waals surface area contributed by atoms with Crippen LogP contribution in [-0.4, -0.2) is 21.9 Å². The second kappa shape index (κ2) is 5.87. The highest BCUT2D eigenvalue weighted by Gasteiger charge is 2.22. The number of benzene rings is 2. The van der Waals surface area contributed by atoms with Gasteiger partial charge in [-0.3, -0.25) is 0 Å². The van der Waals surface area contributed by atoms with Gasteiger partial charge in [0.2, 0.25) is 0 Å². The van der Waals surface area contributed by atoms with Crippen molar-refractivity contribution in [3.05, 3.63) is 54.6 Å². The predicted molar refractivity (Wildman–Crippen MR) is 79.1 cm³/mol. The summed E-state index contributed by atoms with van der Waals surface area (Å²) >= 11 is 1.44. The van der Waals surface area contributed by atoms with E-state index in [0.717, 1.165) is 16.9 Å². The van der Waals surface area contributed by atoms with Crippen LogP contribution in [0.5, 0.6) is 5.75 Å². The highest BCUT2D eigenvalue weighted by atomic mass is 32.2. The number of rotatable bonds is 3. The fraction of sp³-hybridized carbons (Fsp3) is 0.133. The molecular formula is C15H13N3OS. The van der Waals surface area contributed by atoms with Crippen molar-refractivity contribution in [1.82, 2.24) is 9.37 Å². The summed E-state index contributed by atoms with van der Waals surface area (Å²) in [7, 11) is 0. The Morgan fingerprint density at radius 2 is 1.80 bits per heavy atom. The third kappa shape index (κ3) is 2.72. The zero-order valence-electron chi connectivity index (χ0n) is 10.8. The Kier molecular flexibility index (Phi) is 3.77. The first kappa shape index (κ1) is 12.9. The molecule has 20 heavy (non-hydrogen) atoms. The first-order valence-electron chi connectivity index (χ1n) is 6.24. The average Bonchev–Trinajstić information content (AvgIpc) is 2.96. The minimum absolute atomic E-state index is 0.476. The van der Waals surface area contributed by atoms with Gasteiger partial charge in [0.05, 0.1) is 0 Å². The summed E-state index contributed by atoms with van der Waals surface area (Å²) in [5.41, 5.74) is 2.17. The van der Waals surface area contributed by atoms with Crippen molar-refractivity contribution >= 4 is 11.9 Å². The smallest absolute Gasteiger partial charge is 0.191 e. The van der Waals surface area contributed by atoms with Crippen molar-refractivity contribution in [3.8, 4) is 23.1 Å². The van der Waals surface area contributed by atoms with E-state index in [1.54, 1.807) is 9.37 Å². The van der Waals surface area contributed by atoms with E-state index in [4.69, 9.17) is 10.1 Å². The van der Waals surface area contributed by atoms with Crippen LogP contribution < -0.4 is 4.84 Å². The lowest BCUT2D eigenvalue weighted by Gasteiger charge is -2.17. The van der Waals surface area contributed by atoms with Crippen molar-refractivity contribution in [2.75, 3.05) is 12.5 Å². The first-order valence-corrected chi connectivity index (χ1v) is 7.18. The zero-order chi connectivity index (χ0) is 13.8. The summed E-state index contributed by atoms with van der Waals surface area (Å²) in [4.78, 5) is 5.91. The number of para-hydroxylation sites is 1. The molecule has 1 aliphatic rings. The average molecular weight is 283 g/mol. The molecule has 2 aromatic carbocycles. The van der Waals surface area contributed by atoms with Crippen molar-refractivity contribution in [2.45, 2.75) is 0 Å². The maximum atomic E-state index is 8.86. The molecule has 3 rings (SSSR count). The van der Waals surface area contributed by atoms with Crippen LogP contribution in [0.25, 0.3) is 11.1 Å². The Labute approximate surface area is 122 Å². The molecule has 1 fully saturated rings. The Balaban J connectivity index is 1.83. The van der Waals surface area contributed by atoms with Crippen LogP contribution >= 0.6 is 11.9 Å². The van der Waals surface area contributed by atoms with Gasteiger partial charge in [-0.1, -0.05) is 48.5 Å². The van der Waals surface area contributed by atoms with Gasteiger partial charge >= 0.3 is 0 Å². The van der Waals surface area contributed by atoms with E-state index in [0.29, 0.717) is 12.5 Å². The van der Waals surface area contributed by atoms with Gasteiger partial charge in [0.1, 0.15) is 12.5 Å². The second-order valence-corrected chi connectivity index (χ2v) is 5.27. The number of nitrogens with zero attached hydrogens (tertiary/aromatic N) is 3. The van der Waals surface area contributed by atoms with Crippen molar-refractivity contribution in [2.24, 2.45) is 0 Å². The summed E-state index contributed by atoms with van der Waals surface area (Å²) in [6.45, 7) is 0.476. The topological polar surface area (TPSA) is 39.5 Å². The second-order valence-electron chi connectivity index (χ2n) is 4.31. The molecule has 1 aliphatic heterocycles. The Hall–Kier alpha value is -2.16. The van der Waals surface area contributed by atoms with Gasteiger partial charge in [0.15, 0.2) is 11.9 Å². The molecule has 100 valence electrons. The lowest BCUT2D eigenvalue weighted by atomic mass is 10.1. The van der Waals surface area contributed by atoms with E-state index >= 15 is 0 Å².